The number of hydrogen-bond donors (Lipinski definition) is 1. The SMILES string of the molecule is CN(C(=O)C(C(F)(F)F)C(F)(F)F)c1ccccc1CN. The van der Waals surface area contributed by atoms with E-state index in [4.69, 9.17) is 5.73 Å². The molecule has 2 N–H and O–H groups in total. The molecule has 1 rings (SSSR count). The van der Waals surface area contributed by atoms with Crippen molar-refractivity contribution in [2.24, 2.45) is 11.7 Å². The van der Waals surface area contributed by atoms with Gasteiger partial charge >= 0.3 is 12.4 Å². The van der Waals surface area contributed by atoms with E-state index in [2.05, 4.69) is 0 Å². The van der Waals surface area contributed by atoms with Crippen LogP contribution >= 0.6 is 0 Å². The van der Waals surface area contributed by atoms with Gasteiger partial charge in [-0.1, -0.05) is 18.2 Å². The maximum atomic E-state index is 12.5. The van der Waals surface area contributed by atoms with Crippen molar-refractivity contribution in [1.82, 2.24) is 0 Å². The van der Waals surface area contributed by atoms with Gasteiger partial charge in [0.05, 0.1) is 0 Å². The molecule has 0 aromatic heterocycles. The molecule has 0 aliphatic rings. The lowest BCUT2D eigenvalue weighted by atomic mass is 10.1. The summed E-state index contributed by atoms with van der Waals surface area (Å²) in [6, 6.07) is 5.53. The molecule has 0 unspecified atom stereocenters. The van der Waals surface area contributed by atoms with Crippen molar-refractivity contribution < 1.29 is 31.1 Å². The zero-order valence-electron chi connectivity index (χ0n) is 10.8. The predicted octanol–water partition coefficient (Wildman–Crippen LogP) is 2.85. The van der Waals surface area contributed by atoms with Crippen molar-refractivity contribution in [2.45, 2.75) is 18.9 Å². The first-order valence-electron chi connectivity index (χ1n) is 5.69. The molecule has 0 saturated heterocycles. The minimum absolute atomic E-state index is 0.0940. The van der Waals surface area contributed by atoms with Crippen LogP contribution in [-0.4, -0.2) is 25.3 Å². The molecule has 0 radical (unpaired) electrons. The van der Waals surface area contributed by atoms with E-state index in [1.54, 1.807) is 0 Å². The maximum absolute atomic E-state index is 12.5. The van der Waals surface area contributed by atoms with Crippen LogP contribution in [0.4, 0.5) is 32.0 Å². The Morgan fingerprint density at radius 2 is 1.62 bits per heavy atom. The molecule has 1 amide bonds. The second kappa shape index (κ2) is 5.92. The molecular formula is C12H12F6N2O. The fraction of sp³-hybridized carbons (Fsp3) is 0.417. The molecule has 0 heterocycles. The Labute approximate surface area is 116 Å². The van der Waals surface area contributed by atoms with Crippen molar-refractivity contribution >= 4 is 11.6 Å². The van der Waals surface area contributed by atoms with Crippen LogP contribution in [0.5, 0.6) is 0 Å². The number of hydrogen-bond acceptors (Lipinski definition) is 2. The normalized spacial score (nSPS) is 12.6. The van der Waals surface area contributed by atoms with E-state index in [1.807, 2.05) is 0 Å². The van der Waals surface area contributed by atoms with Crippen LogP contribution < -0.4 is 10.6 Å². The maximum Gasteiger partial charge on any atom is 0.409 e. The fourth-order valence-electron chi connectivity index (χ4n) is 1.79. The van der Waals surface area contributed by atoms with Gasteiger partial charge in [-0.15, -0.1) is 0 Å². The molecule has 0 bridgehead atoms. The molecule has 1 aromatic carbocycles. The van der Waals surface area contributed by atoms with Crippen LogP contribution in [-0.2, 0) is 11.3 Å². The monoisotopic (exact) mass is 314 g/mol. The van der Waals surface area contributed by atoms with Gasteiger partial charge in [-0.2, -0.15) is 26.3 Å². The number of rotatable bonds is 3. The number of halogens is 6. The second-order valence-electron chi connectivity index (χ2n) is 4.25. The molecule has 0 atom stereocenters. The molecule has 0 aliphatic carbocycles. The van der Waals surface area contributed by atoms with Gasteiger partial charge in [0.25, 0.3) is 0 Å². The van der Waals surface area contributed by atoms with Crippen molar-refractivity contribution in [3.63, 3.8) is 0 Å². The second-order valence-corrected chi connectivity index (χ2v) is 4.25. The third kappa shape index (κ3) is 3.87. The summed E-state index contributed by atoms with van der Waals surface area (Å²) >= 11 is 0. The number of para-hydroxylation sites is 1. The summed E-state index contributed by atoms with van der Waals surface area (Å²) in [6.45, 7) is -0.128. The van der Waals surface area contributed by atoms with Crippen LogP contribution in [0.1, 0.15) is 5.56 Å². The third-order valence-electron chi connectivity index (χ3n) is 2.81. The number of anilines is 1. The molecule has 1 aromatic rings. The van der Waals surface area contributed by atoms with Crippen LogP contribution in [0.2, 0.25) is 0 Å². The third-order valence-corrected chi connectivity index (χ3v) is 2.81. The minimum Gasteiger partial charge on any atom is -0.326 e. The van der Waals surface area contributed by atoms with E-state index in [9.17, 15) is 31.1 Å². The number of amides is 1. The predicted molar refractivity (Wildman–Crippen MR) is 63.3 cm³/mol. The summed E-state index contributed by atoms with van der Waals surface area (Å²) in [7, 11) is 0.849. The van der Waals surface area contributed by atoms with Crippen LogP contribution in [0.15, 0.2) is 24.3 Å². The van der Waals surface area contributed by atoms with E-state index in [1.165, 1.54) is 24.3 Å². The highest BCUT2D eigenvalue weighted by Crippen LogP contribution is 2.41. The van der Waals surface area contributed by atoms with Crippen molar-refractivity contribution in [1.29, 1.82) is 0 Å². The Balaban J connectivity index is 3.21. The highest BCUT2D eigenvalue weighted by atomic mass is 19.4. The van der Waals surface area contributed by atoms with Gasteiger partial charge in [-0.25, -0.2) is 0 Å². The quantitative estimate of drug-likeness (QED) is 0.872. The first-order chi connectivity index (χ1) is 9.50. The average molecular weight is 314 g/mol. The van der Waals surface area contributed by atoms with Crippen LogP contribution in [0.3, 0.4) is 0 Å². The number of alkyl halides is 6. The summed E-state index contributed by atoms with van der Waals surface area (Å²) < 4.78 is 75.2. The van der Waals surface area contributed by atoms with Gasteiger partial charge in [0.2, 0.25) is 11.8 Å². The number of benzene rings is 1. The zero-order chi connectivity index (χ0) is 16.4. The largest absolute Gasteiger partial charge is 0.409 e. The molecule has 9 heteroatoms. The zero-order valence-corrected chi connectivity index (χ0v) is 10.8. The number of carbonyl (C=O) groups is 1. The molecule has 0 saturated carbocycles. The summed E-state index contributed by atoms with van der Waals surface area (Å²) in [5.74, 6) is -6.17. The Kier molecular flexibility index (Phi) is 4.87. The van der Waals surface area contributed by atoms with Gasteiger partial charge in [0.15, 0.2) is 0 Å². The topological polar surface area (TPSA) is 46.3 Å². The smallest absolute Gasteiger partial charge is 0.326 e. The fourth-order valence-corrected chi connectivity index (χ4v) is 1.79. The average Bonchev–Trinajstić information content (AvgIpc) is 2.34. The molecule has 0 spiro atoms. The van der Waals surface area contributed by atoms with Crippen molar-refractivity contribution in [3.05, 3.63) is 29.8 Å². The summed E-state index contributed by atoms with van der Waals surface area (Å²) in [5, 5.41) is 0. The summed E-state index contributed by atoms with van der Waals surface area (Å²) in [4.78, 5) is 12.0. The summed E-state index contributed by atoms with van der Waals surface area (Å²) in [5.41, 5.74) is 5.52. The number of nitrogens with two attached hydrogens (primary N) is 1. The molecule has 21 heavy (non-hydrogen) atoms. The standard InChI is InChI=1S/C12H12F6N2O/c1-20(8-5-3-2-4-7(8)6-19)10(21)9(11(13,14)15)12(16,17)18/h2-5,9H,6,19H2,1H3. The summed E-state index contributed by atoms with van der Waals surface area (Å²) in [6.07, 6.45) is -11.4. The Bertz CT molecular complexity index is 497. The molecule has 3 nitrogen and oxygen atoms in total. The van der Waals surface area contributed by atoms with E-state index in [0.717, 1.165) is 7.05 Å². The lowest BCUT2D eigenvalue weighted by Crippen LogP contribution is -2.48. The molecule has 0 aliphatic heterocycles. The first kappa shape index (κ1) is 17.3. The number of carbonyl (C=O) groups excluding carboxylic acids is 1. The molecule has 118 valence electrons. The van der Waals surface area contributed by atoms with Crippen molar-refractivity contribution in [3.8, 4) is 0 Å². The van der Waals surface area contributed by atoms with Crippen LogP contribution in [0.25, 0.3) is 0 Å². The van der Waals surface area contributed by atoms with E-state index >= 15 is 0 Å². The minimum atomic E-state index is -5.72. The molecule has 0 fully saturated rings. The Morgan fingerprint density at radius 3 is 2.05 bits per heavy atom. The highest BCUT2D eigenvalue weighted by molar-refractivity contribution is 5.96. The molecular weight excluding hydrogens is 302 g/mol. The van der Waals surface area contributed by atoms with E-state index < -0.39 is 24.2 Å². The Morgan fingerprint density at radius 1 is 1.14 bits per heavy atom. The van der Waals surface area contributed by atoms with Crippen LogP contribution in [0, 0.1) is 5.92 Å². The van der Waals surface area contributed by atoms with Gasteiger partial charge in [0, 0.05) is 19.3 Å². The van der Waals surface area contributed by atoms with E-state index in [-0.39, 0.29) is 17.8 Å². The Hall–Kier alpha value is -1.77. The lowest BCUT2D eigenvalue weighted by molar-refractivity contribution is -0.273. The van der Waals surface area contributed by atoms with Gasteiger partial charge in [-0.3, -0.25) is 4.79 Å². The first-order valence-corrected chi connectivity index (χ1v) is 5.69. The van der Waals surface area contributed by atoms with E-state index in [0.29, 0.717) is 4.90 Å². The van der Waals surface area contributed by atoms with Crippen molar-refractivity contribution in [2.75, 3.05) is 11.9 Å². The van der Waals surface area contributed by atoms with Gasteiger partial charge < -0.3 is 10.6 Å². The highest BCUT2D eigenvalue weighted by Gasteiger charge is 2.61. The van der Waals surface area contributed by atoms with Gasteiger partial charge in [-0.05, 0) is 11.6 Å². The number of nitrogens with zero attached hydrogens (tertiary/aromatic N) is 1. The lowest BCUT2D eigenvalue weighted by Gasteiger charge is -2.28. The van der Waals surface area contributed by atoms with Gasteiger partial charge in [0.1, 0.15) is 0 Å².